The number of ether oxygens (including phenoxy) is 1. The lowest BCUT2D eigenvalue weighted by Crippen LogP contribution is -2.30. The molecule has 0 heterocycles. The summed E-state index contributed by atoms with van der Waals surface area (Å²) in [6.07, 6.45) is 4.02. The molecular formula is C6H9O2. The molecule has 0 atom stereocenters. The normalized spacial score (nSPS) is 36.1. The predicted molar refractivity (Wildman–Crippen MR) is 29.2 cm³/mol. The van der Waals surface area contributed by atoms with Crippen LogP contribution in [0.2, 0.25) is 0 Å². The molecule has 0 N–H and O–H groups in total. The van der Waals surface area contributed by atoms with Crippen LogP contribution in [0.5, 0.6) is 0 Å². The van der Waals surface area contributed by atoms with Gasteiger partial charge in [0, 0.05) is 13.0 Å². The number of carbonyl (C=O) groups excluding carboxylic acids is 1. The average molecular weight is 113 g/mol. The number of hydrogen-bond donors (Lipinski definition) is 0. The first-order valence-electron chi connectivity index (χ1n) is 2.77. The summed E-state index contributed by atoms with van der Waals surface area (Å²) in [5.41, 5.74) is 0. The molecule has 0 aromatic rings. The summed E-state index contributed by atoms with van der Waals surface area (Å²) in [5.74, 6) is 0.167. The van der Waals surface area contributed by atoms with Gasteiger partial charge in [-0.1, -0.05) is 0 Å². The zero-order chi connectivity index (χ0) is 5.98. The fraction of sp³-hybridized carbons (Fsp3) is 0.833. The Kier molecular flexibility index (Phi) is 1.63. The van der Waals surface area contributed by atoms with Gasteiger partial charge in [0.1, 0.15) is 0 Å². The molecule has 0 spiro atoms. The first kappa shape index (κ1) is 5.76. The molecule has 8 heavy (non-hydrogen) atoms. The molecule has 1 aliphatic carbocycles. The van der Waals surface area contributed by atoms with Gasteiger partial charge in [0.25, 0.3) is 0 Å². The van der Waals surface area contributed by atoms with E-state index in [2.05, 4.69) is 0 Å². The zero-order valence-electron chi connectivity index (χ0n) is 4.89. The highest BCUT2D eigenvalue weighted by Crippen LogP contribution is 2.27. The van der Waals surface area contributed by atoms with Crippen molar-refractivity contribution in [2.24, 2.45) is 5.92 Å². The predicted octanol–water partition coefficient (Wildman–Crippen LogP) is 0.521. The number of methoxy groups -OCH3 is 1. The second-order valence-corrected chi connectivity index (χ2v) is 2.14. The molecule has 0 unspecified atom stereocenters. The van der Waals surface area contributed by atoms with Crippen LogP contribution in [0.1, 0.15) is 12.8 Å². The van der Waals surface area contributed by atoms with Gasteiger partial charge >= 0.3 is 0 Å². The molecule has 2 nitrogen and oxygen atoms in total. The van der Waals surface area contributed by atoms with E-state index in [1.165, 1.54) is 0 Å². The lowest BCUT2D eigenvalue weighted by molar-refractivity contribution is 0.0214. The summed E-state index contributed by atoms with van der Waals surface area (Å²) >= 11 is 0. The summed E-state index contributed by atoms with van der Waals surface area (Å²) < 4.78 is 4.94. The molecule has 1 fully saturated rings. The fourth-order valence-electron chi connectivity index (χ4n) is 0.854. The summed E-state index contributed by atoms with van der Waals surface area (Å²) in [6.45, 7) is 0. The molecule has 2 heteroatoms. The van der Waals surface area contributed by atoms with Crippen molar-refractivity contribution in [1.29, 1.82) is 0 Å². The van der Waals surface area contributed by atoms with Gasteiger partial charge in [0.2, 0.25) is 6.29 Å². The van der Waals surface area contributed by atoms with E-state index in [9.17, 15) is 4.79 Å². The van der Waals surface area contributed by atoms with Crippen molar-refractivity contribution in [3.05, 3.63) is 0 Å². The monoisotopic (exact) mass is 113 g/mol. The van der Waals surface area contributed by atoms with Crippen molar-refractivity contribution >= 4 is 6.29 Å². The van der Waals surface area contributed by atoms with Gasteiger partial charge in [-0.05, 0) is 12.8 Å². The Morgan fingerprint density at radius 1 is 1.62 bits per heavy atom. The van der Waals surface area contributed by atoms with E-state index in [-0.39, 0.29) is 5.92 Å². The molecule has 0 aromatic carbocycles. The van der Waals surface area contributed by atoms with Crippen molar-refractivity contribution < 1.29 is 9.53 Å². The van der Waals surface area contributed by atoms with Crippen LogP contribution in [0.3, 0.4) is 0 Å². The smallest absolute Gasteiger partial charge is 0.201 e. The van der Waals surface area contributed by atoms with Crippen LogP contribution in [0.25, 0.3) is 0 Å². The van der Waals surface area contributed by atoms with Crippen molar-refractivity contribution in [1.82, 2.24) is 0 Å². The van der Waals surface area contributed by atoms with E-state index in [4.69, 9.17) is 4.74 Å². The first-order valence-corrected chi connectivity index (χ1v) is 2.77. The van der Waals surface area contributed by atoms with Crippen molar-refractivity contribution in [2.75, 3.05) is 7.11 Å². The molecule has 1 radical (unpaired) electrons. The van der Waals surface area contributed by atoms with Crippen LogP contribution < -0.4 is 0 Å². The molecule has 45 valence electrons. The molecule has 0 aromatic heterocycles. The molecule has 1 aliphatic rings. The van der Waals surface area contributed by atoms with Crippen LogP contribution in [0.15, 0.2) is 0 Å². The Morgan fingerprint density at radius 2 is 2.25 bits per heavy atom. The topological polar surface area (TPSA) is 26.3 Å². The summed E-state index contributed by atoms with van der Waals surface area (Å²) in [7, 11) is 1.67. The largest absolute Gasteiger partial charge is 0.381 e. The van der Waals surface area contributed by atoms with Crippen LogP contribution in [0.4, 0.5) is 0 Å². The lowest BCUT2D eigenvalue weighted by atomic mass is 9.84. The van der Waals surface area contributed by atoms with Crippen LogP contribution >= 0.6 is 0 Å². The maximum absolute atomic E-state index is 9.87. The van der Waals surface area contributed by atoms with Crippen molar-refractivity contribution in [3.8, 4) is 0 Å². The Balaban J connectivity index is 2.11. The minimum absolute atomic E-state index is 0.167. The summed E-state index contributed by atoms with van der Waals surface area (Å²) in [5, 5.41) is 0. The van der Waals surface area contributed by atoms with E-state index >= 15 is 0 Å². The van der Waals surface area contributed by atoms with Crippen LogP contribution in [-0.4, -0.2) is 19.5 Å². The Labute approximate surface area is 48.8 Å². The van der Waals surface area contributed by atoms with E-state index in [1.807, 2.05) is 6.29 Å². The van der Waals surface area contributed by atoms with Gasteiger partial charge in [-0.2, -0.15) is 0 Å². The second kappa shape index (κ2) is 2.27. The third kappa shape index (κ3) is 0.892. The molecule has 0 bridgehead atoms. The van der Waals surface area contributed by atoms with E-state index in [0.717, 1.165) is 12.8 Å². The molecule has 0 saturated heterocycles. The zero-order valence-corrected chi connectivity index (χ0v) is 4.89. The van der Waals surface area contributed by atoms with Gasteiger partial charge in [-0.3, -0.25) is 4.79 Å². The average Bonchev–Trinajstić information content (AvgIpc) is 1.65. The summed E-state index contributed by atoms with van der Waals surface area (Å²) in [4.78, 5) is 9.87. The SMILES string of the molecule is COC1CC([C]=O)C1. The highest BCUT2D eigenvalue weighted by Gasteiger charge is 2.28. The second-order valence-electron chi connectivity index (χ2n) is 2.14. The highest BCUT2D eigenvalue weighted by atomic mass is 16.5. The number of rotatable bonds is 2. The van der Waals surface area contributed by atoms with Gasteiger partial charge < -0.3 is 4.74 Å². The summed E-state index contributed by atoms with van der Waals surface area (Å²) in [6, 6.07) is 0. The Bertz CT molecular complexity index is 84.5. The minimum Gasteiger partial charge on any atom is -0.381 e. The Morgan fingerprint density at radius 3 is 2.62 bits per heavy atom. The van der Waals surface area contributed by atoms with Gasteiger partial charge in [0.15, 0.2) is 0 Å². The maximum atomic E-state index is 9.87. The standard InChI is InChI=1S/C6H9O2/c1-8-6-2-5(3-6)4-7/h5-6H,2-3H2,1H3. The highest BCUT2D eigenvalue weighted by molar-refractivity contribution is 5.56. The van der Waals surface area contributed by atoms with Crippen LogP contribution in [0, 0.1) is 5.92 Å². The molecule has 0 amide bonds. The molecule has 1 saturated carbocycles. The Hall–Kier alpha value is -0.370. The molecule has 1 rings (SSSR count). The van der Waals surface area contributed by atoms with Gasteiger partial charge in [0.05, 0.1) is 6.10 Å². The molecular weight excluding hydrogens is 104 g/mol. The maximum Gasteiger partial charge on any atom is 0.201 e. The fourth-order valence-corrected chi connectivity index (χ4v) is 0.854. The third-order valence-electron chi connectivity index (χ3n) is 1.59. The van der Waals surface area contributed by atoms with E-state index in [0.29, 0.717) is 6.10 Å². The third-order valence-corrected chi connectivity index (χ3v) is 1.59. The van der Waals surface area contributed by atoms with Crippen molar-refractivity contribution in [3.63, 3.8) is 0 Å². The van der Waals surface area contributed by atoms with Crippen LogP contribution in [-0.2, 0) is 9.53 Å². The van der Waals surface area contributed by atoms with E-state index < -0.39 is 0 Å². The quantitative estimate of drug-likeness (QED) is 0.522. The lowest BCUT2D eigenvalue weighted by Gasteiger charge is -2.28. The molecule has 0 aliphatic heterocycles. The van der Waals surface area contributed by atoms with Gasteiger partial charge in [-0.25, -0.2) is 0 Å². The number of hydrogen-bond acceptors (Lipinski definition) is 2. The first-order chi connectivity index (χ1) is 3.86. The van der Waals surface area contributed by atoms with E-state index in [1.54, 1.807) is 7.11 Å². The van der Waals surface area contributed by atoms with Gasteiger partial charge in [-0.15, -0.1) is 0 Å². The van der Waals surface area contributed by atoms with Crippen molar-refractivity contribution in [2.45, 2.75) is 18.9 Å². The minimum atomic E-state index is 0.167.